The van der Waals surface area contributed by atoms with E-state index in [9.17, 15) is 0 Å². The molecule has 0 aliphatic rings. The molecule has 1 aromatic rings. The van der Waals surface area contributed by atoms with Crippen molar-refractivity contribution >= 4 is 27.5 Å². The van der Waals surface area contributed by atoms with Gasteiger partial charge in [0.1, 0.15) is 0 Å². The monoisotopic (exact) mass is 260 g/mol. The molecule has 0 radical (unpaired) electrons. The number of hydrogen-bond acceptors (Lipinski definition) is 0. The summed E-state index contributed by atoms with van der Waals surface area (Å²) in [5.74, 6) is 1.23. The van der Waals surface area contributed by atoms with E-state index < -0.39 is 0 Å². The van der Waals surface area contributed by atoms with Crippen LogP contribution < -0.4 is 0 Å². The van der Waals surface area contributed by atoms with Crippen molar-refractivity contribution in [3.63, 3.8) is 0 Å². The van der Waals surface area contributed by atoms with Crippen LogP contribution in [0.25, 0.3) is 0 Å². The second-order valence-electron chi connectivity index (χ2n) is 3.47. The zero-order chi connectivity index (χ0) is 9.84. The van der Waals surface area contributed by atoms with E-state index in [1.165, 1.54) is 5.56 Å². The zero-order valence-electron chi connectivity index (χ0n) is 7.93. The molecule has 0 N–H and O–H groups in total. The van der Waals surface area contributed by atoms with Gasteiger partial charge >= 0.3 is 0 Å². The molecule has 0 aliphatic carbocycles. The Morgan fingerprint density at radius 2 is 1.77 bits per heavy atom. The van der Waals surface area contributed by atoms with E-state index in [0.29, 0.717) is 11.8 Å². The molecule has 0 fully saturated rings. The highest BCUT2D eigenvalue weighted by atomic mass is 79.9. The van der Waals surface area contributed by atoms with E-state index in [-0.39, 0.29) is 0 Å². The lowest BCUT2D eigenvalue weighted by Crippen LogP contribution is -2.06. The molecule has 0 aromatic heterocycles. The highest BCUT2D eigenvalue weighted by Crippen LogP contribution is 2.26. The lowest BCUT2D eigenvalue weighted by Gasteiger charge is -2.17. The first-order valence-electron chi connectivity index (χ1n) is 4.46. The SMILES string of the molecule is CC(CBr)C(C)c1ccc(Cl)cc1. The van der Waals surface area contributed by atoms with Crippen LogP contribution in [0.15, 0.2) is 24.3 Å². The van der Waals surface area contributed by atoms with Gasteiger partial charge in [0.2, 0.25) is 0 Å². The summed E-state index contributed by atoms with van der Waals surface area (Å²) in [5, 5.41) is 1.85. The molecule has 2 heteroatoms. The van der Waals surface area contributed by atoms with E-state index in [4.69, 9.17) is 11.6 Å². The van der Waals surface area contributed by atoms with Gasteiger partial charge in [0.25, 0.3) is 0 Å². The molecular weight excluding hydrogens is 247 g/mol. The Hall–Kier alpha value is -0.0100. The fourth-order valence-corrected chi connectivity index (χ4v) is 1.92. The minimum atomic E-state index is 0.580. The molecule has 1 aromatic carbocycles. The summed E-state index contributed by atoms with van der Waals surface area (Å²) < 4.78 is 0. The molecule has 0 spiro atoms. The number of alkyl halides is 1. The van der Waals surface area contributed by atoms with Crippen molar-refractivity contribution in [1.82, 2.24) is 0 Å². The summed E-state index contributed by atoms with van der Waals surface area (Å²) in [5.41, 5.74) is 1.36. The van der Waals surface area contributed by atoms with Crippen molar-refractivity contribution < 1.29 is 0 Å². The molecule has 0 nitrogen and oxygen atoms in total. The highest BCUT2D eigenvalue weighted by Gasteiger charge is 2.12. The number of benzene rings is 1. The van der Waals surface area contributed by atoms with Crippen molar-refractivity contribution in [2.24, 2.45) is 5.92 Å². The van der Waals surface area contributed by atoms with Crippen LogP contribution in [0.4, 0.5) is 0 Å². The molecular formula is C11H14BrCl. The first kappa shape index (κ1) is 11.1. The van der Waals surface area contributed by atoms with Gasteiger partial charge in [-0.2, -0.15) is 0 Å². The van der Waals surface area contributed by atoms with Crippen molar-refractivity contribution in [2.75, 3.05) is 5.33 Å². The van der Waals surface area contributed by atoms with Crippen LogP contribution in [0, 0.1) is 5.92 Å². The maximum atomic E-state index is 5.82. The number of hydrogen-bond donors (Lipinski definition) is 0. The third kappa shape index (κ3) is 2.99. The first-order chi connectivity index (χ1) is 6.15. The fourth-order valence-electron chi connectivity index (χ4n) is 1.23. The van der Waals surface area contributed by atoms with Crippen molar-refractivity contribution in [3.8, 4) is 0 Å². The van der Waals surface area contributed by atoms with E-state index in [2.05, 4.69) is 41.9 Å². The van der Waals surface area contributed by atoms with Crippen LogP contribution >= 0.6 is 27.5 Å². The van der Waals surface area contributed by atoms with E-state index >= 15 is 0 Å². The average Bonchev–Trinajstić information content (AvgIpc) is 2.17. The summed E-state index contributed by atoms with van der Waals surface area (Å²) in [7, 11) is 0. The van der Waals surface area contributed by atoms with Crippen LogP contribution in [-0.4, -0.2) is 5.33 Å². The van der Waals surface area contributed by atoms with Crippen LogP contribution in [0.3, 0.4) is 0 Å². The molecule has 0 amide bonds. The van der Waals surface area contributed by atoms with Gasteiger partial charge in [-0.1, -0.05) is 53.5 Å². The van der Waals surface area contributed by atoms with Gasteiger partial charge in [-0.3, -0.25) is 0 Å². The van der Waals surface area contributed by atoms with Crippen LogP contribution in [0.2, 0.25) is 5.02 Å². The molecule has 2 atom stereocenters. The first-order valence-corrected chi connectivity index (χ1v) is 5.96. The average molecular weight is 262 g/mol. The zero-order valence-corrected chi connectivity index (χ0v) is 10.3. The summed E-state index contributed by atoms with van der Waals surface area (Å²) in [6.45, 7) is 4.49. The minimum absolute atomic E-state index is 0.580. The van der Waals surface area contributed by atoms with E-state index in [1.54, 1.807) is 0 Å². The Labute approximate surface area is 93.4 Å². The summed E-state index contributed by atoms with van der Waals surface area (Å²) in [4.78, 5) is 0. The molecule has 0 heterocycles. The van der Waals surface area contributed by atoms with Gasteiger partial charge in [-0.15, -0.1) is 0 Å². The Morgan fingerprint density at radius 3 is 2.23 bits per heavy atom. The minimum Gasteiger partial charge on any atom is -0.0925 e. The lowest BCUT2D eigenvalue weighted by atomic mass is 9.90. The molecule has 0 saturated heterocycles. The molecule has 0 saturated carbocycles. The third-order valence-electron chi connectivity index (χ3n) is 2.49. The van der Waals surface area contributed by atoms with Crippen LogP contribution in [0.1, 0.15) is 25.3 Å². The summed E-state index contributed by atoms with van der Waals surface area (Å²) >= 11 is 9.32. The largest absolute Gasteiger partial charge is 0.0925 e. The van der Waals surface area contributed by atoms with Crippen molar-refractivity contribution in [3.05, 3.63) is 34.9 Å². The Bertz CT molecular complexity index is 255. The van der Waals surface area contributed by atoms with Gasteiger partial charge in [0, 0.05) is 10.4 Å². The smallest absolute Gasteiger partial charge is 0.0406 e. The maximum Gasteiger partial charge on any atom is 0.0406 e. The van der Waals surface area contributed by atoms with Crippen LogP contribution in [-0.2, 0) is 0 Å². The lowest BCUT2D eigenvalue weighted by molar-refractivity contribution is 0.547. The van der Waals surface area contributed by atoms with Crippen molar-refractivity contribution in [1.29, 1.82) is 0 Å². The van der Waals surface area contributed by atoms with E-state index in [0.717, 1.165) is 10.4 Å². The highest BCUT2D eigenvalue weighted by molar-refractivity contribution is 9.09. The molecule has 0 aliphatic heterocycles. The molecule has 2 unspecified atom stereocenters. The second-order valence-corrected chi connectivity index (χ2v) is 4.56. The molecule has 72 valence electrons. The fraction of sp³-hybridized carbons (Fsp3) is 0.455. The van der Waals surface area contributed by atoms with Crippen LogP contribution in [0.5, 0.6) is 0 Å². The summed E-state index contributed by atoms with van der Waals surface area (Å²) in [6, 6.07) is 8.11. The standard InChI is InChI=1S/C11H14BrCl/c1-8(7-12)9(2)10-3-5-11(13)6-4-10/h3-6,8-9H,7H2,1-2H3. The number of halogens is 2. The van der Waals surface area contributed by atoms with Gasteiger partial charge in [0.15, 0.2) is 0 Å². The van der Waals surface area contributed by atoms with Gasteiger partial charge in [-0.05, 0) is 29.5 Å². The van der Waals surface area contributed by atoms with Crippen molar-refractivity contribution in [2.45, 2.75) is 19.8 Å². The number of rotatable bonds is 3. The topological polar surface area (TPSA) is 0 Å². The van der Waals surface area contributed by atoms with E-state index in [1.807, 2.05) is 12.1 Å². The molecule has 0 bridgehead atoms. The van der Waals surface area contributed by atoms with Gasteiger partial charge in [-0.25, -0.2) is 0 Å². The normalized spacial score (nSPS) is 15.4. The Balaban J connectivity index is 2.77. The van der Waals surface area contributed by atoms with Gasteiger partial charge < -0.3 is 0 Å². The summed E-state index contributed by atoms with van der Waals surface area (Å²) in [6.07, 6.45) is 0. The molecule has 1 rings (SSSR count). The predicted molar refractivity (Wildman–Crippen MR) is 62.8 cm³/mol. The molecule has 13 heavy (non-hydrogen) atoms. The third-order valence-corrected chi connectivity index (χ3v) is 3.77. The predicted octanol–water partition coefficient (Wildman–Crippen LogP) is 4.47. The van der Waals surface area contributed by atoms with Gasteiger partial charge in [0.05, 0.1) is 0 Å². The Kier molecular flexibility index (Phi) is 4.27. The second kappa shape index (κ2) is 5.02. The maximum absolute atomic E-state index is 5.82. The Morgan fingerprint density at radius 1 is 1.23 bits per heavy atom. The quantitative estimate of drug-likeness (QED) is 0.704.